The Bertz CT molecular complexity index is 1060. The van der Waals surface area contributed by atoms with E-state index in [-0.39, 0.29) is 0 Å². The standard InChI is InChI=1S/C25H23NO3/c27-17-24(25(28)29)26(15-20-11-5-9-18-7-1-3-13-22(18)20)16-21-12-6-10-19-8-2-4-14-23(19)21/h1-14,24,27H,15-17H2,(H,28,29). The number of nitrogens with zero attached hydrogens (tertiary/aromatic N) is 1. The number of hydrogen-bond acceptors (Lipinski definition) is 3. The molecule has 4 heteroatoms. The van der Waals surface area contributed by atoms with Crippen LogP contribution >= 0.6 is 0 Å². The molecule has 4 aromatic carbocycles. The van der Waals surface area contributed by atoms with E-state index in [1.807, 2.05) is 53.4 Å². The molecule has 0 saturated carbocycles. The highest BCUT2D eigenvalue weighted by Crippen LogP contribution is 2.25. The molecule has 146 valence electrons. The molecule has 4 rings (SSSR count). The van der Waals surface area contributed by atoms with Crippen LogP contribution in [0, 0.1) is 0 Å². The van der Waals surface area contributed by atoms with Gasteiger partial charge in [0.25, 0.3) is 0 Å². The Kier molecular flexibility index (Phi) is 5.56. The lowest BCUT2D eigenvalue weighted by Gasteiger charge is -2.28. The molecule has 2 N–H and O–H groups in total. The van der Waals surface area contributed by atoms with Crippen LogP contribution in [0.4, 0.5) is 0 Å². The molecule has 0 heterocycles. The number of carbonyl (C=O) groups is 1. The fourth-order valence-corrected chi connectivity index (χ4v) is 3.92. The van der Waals surface area contributed by atoms with Crippen molar-refractivity contribution in [1.29, 1.82) is 0 Å². The van der Waals surface area contributed by atoms with Gasteiger partial charge in [0.05, 0.1) is 6.61 Å². The third kappa shape index (κ3) is 3.99. The quantitative estimate of drug-likeness (QED) is 0.494. The van der Waals surface area contributed by atoms with Gasteiger partial charge in [-0.05, 0) is 32.7 Å². The first kappa shape index (κ1) is 19.1. The van der Waals surface area contributed by atoms with Crippen molar-refractivity contribution in [2.75, 3.05) is 6.61 Å². The zero-order valence-corrected chi connectivity index (χ0v) is 16.0. The van der Waals surface area contributed by atoms with Gasteiger partial charge in [-0.15, -0.1) is 0 Å². The van der Waals surface area contributed by atoms with Gasteiger partial charge in [-0.3, -0.25) is 9.69 Å². The van der Waals surface area contributed by atoms with Gasteiger partial charge in [0.1, 0.15) is 6.04 Å². The van der Waals surface area contributed by atoms with E-state index in [4.69, 9.17) is 0 Å². The minimum Gasteiger partial charge on any atom is -0.480 e. The summed E-state index contributed by atoms with van der Waals surface area (Å²) in [4.78, 5) is 13.7. The number of fused-ring (bicyclic) bond motifs is 2. The number of aliphatic hydroxyl groups excluding tert-OH is 1. The molecule has 4 aromatic rings. The monoisotopic (exact) mass is 385 g/mol. The third-order valence-corrected chi connectivity index (χ3v) is 5.41. The Morgan fingerprint density at radius 1 is 0.724 bits per heavy atom. The lowest BCUT2D eigenvalue weighted by Crippen LogP contribution is -2.43. The first-order chi connectivity index (χ1) is 14.2. The molecule has 0 aliphatic heterocycles. The average molecular weight is 385 g/mol. The minimum absolute atomic E-state index is 0.433. The van der Waals surface area contributed by atoms with Crippen molar-refractivity contribution in [2.45, 2.75) is 19.1 Å². The molecule has 0 bridgehead atoms. The summed E-state index contributed by atoms with van der Waals surface area (Å²) < 4.78 is 0. The van der Waals surface area contributed by atoms with Gasteiger partial charge in [-0.25, -0.2) is 0 Å². The van der Waals surface area contributed by atoms with Crippen LogP contribution in [0.15, 0.2) is 84.9 Å². The summed E-state index contributed by atoms with van der Waals surface area (Å²) in [6.45, 7) is 0.426. The highest BCUT2D eigenvalue weighted by Gasteiger charge is 2.26. The van der Waals surface area contributed by atoms with Crippen molar-refractivity contribution in [1.82, 2.24) is 4.90 Å². The number of rotatable bonds is 7. The Morgan fingerprint density at radius 3 is 1.62 bits per heavy atom. The predicted molar refractivity (Wildman–Crippen MR) is 116 cm³/mol. The lowest BCUT2D eigenvalue weighted by atomic mass is 10.0. The molecule has 0 aromatic heterocycles. The average Bonchev–Trinajstić information content (AvgIpc) is 2.74. The first-order valence-electron chi connectivity index (χ1n) is 9.68. The molecule has 29 heavy (non-hydrogen) atoms. The van der Waals surface area contributed by atoms with Gasteiger partial charge in [0.2, 0.25) is 0 Å². The SMILES string of the molecule is O=C(O)C(CO)N(Cc1cccc2ccccc12)Cc1cccc2ccccc12. The normalized spacial score (nSPS) is 12.5. The van der Waals surface area contributed by atoms with Crippen molar-refractivity contribution in [3.8, 4) is 0 Å². The van der Waals surface area contributed by atoms with Gasteiger partial charge in [-0.2, -0.15) is 0 Å². The molecule has 4 nitrogen and oxygen atoms in total. The highest BCUT2D eigenvalue weighted by atomic mass is 16.4. The van der Waals surface area contributed by atoms with Crippen LogP contribution in [-0.2, 0) is 17.9 Å². The van der Waals surface area contributed by atoms with Crippen LogP contribution in [0.1, 0.15) is 11.1 Å². The molecular formula is C25H23NO3. The number of hydrogen-bond donors (Lipinski definition) is 2. The van der Waals surface area contributed by atoms with Crippen molar-refractivity contribution in [3.05, 3.63) is 96.1 Å². The minimum atomic E-state index is -1.02. The summed E-state index contributed by atoms with van der Waals surface area (Å²) in [7, 11) is 0. The van der Waals surface area contributed by atoms with E-state index in [9.17, 15) is 15.0 Å². The topological polar surface area (TPSA) is 60.8 Å². The summed E-state index contributed by atoms with van der Waals surface area (Å²) in [5.41, 5.74) is 2.09. The maximum Gasteiger partial charge on any atom is 0.323 e. The first-order valence-corrected chi connectivity index (χ1v) is 9.68. The van der Waals surface area contributed by atoms with Crippen LogP contribution in [0.25, 0.3) is 21.5 Å². The summed E-state index contributed by atoms with van der Waals surface area (Å²) in [6.07, 6.45) is 0. The zero-order chi connectivity index (χ0) is 20.2. The molecule has 0 spiro atoms. The van der Waals surface area contributed by atoms with E-state index in [2.05, 4.69) is 36.4 Å². The zero-order valence-electron chi connectivity index (χ0n) is 16.0. The van der Waals surface area contributed by atoms with Crippen molar-refractivity contribution in [3.63, 3.8) is 0 Å². The molecule has 0 amide bonds. The predicted octanol–water partition coefficient (Wildman–Crippen LogP) is 4.44. The summed E-state index contributed by atoms with van der Waals surface area (Å²) >= 11 is 0. The Labute approximate surface area is 169 Å². The fraction of sp³-hybridized carbons (Fsp3) is 0.160. The number of carboxylic acids is 1. The van der Waals surface area contributed by atoms with Gasteiger partial charge in [0.15, 0.2) is 0 Å². The van der Waals surface area contributed by atoms with E-state index in [0.717, 1.165) is 32.7 Å². The smallest absolute Gasteiger partial charge is 0.323 e. The summed E-state index contributed by atoms with van der Waals surface area (Å²) in [5, 5.41) is 24.0. The second-order valence-electron chi connectivity index (χ2n) is 7.22. The highest BCUT2D eigenvalue weighted by molar-refractivity contribution is 5.86. The number of aliphatic carboxylic acids is 1. The second kappa shape index (κ2) is 8.43. The van der Waals surface area contributed by atoms with E-state index in [0.29, 0.717) is 13.1 Å². The van der Waals surface area contributed by atoms with E-state index >= 15 is 0 Å². The van der Waals surface area contributed by atoms with Crippen LogP contribution in [-0.4, -0.2) is 33.7 Å². The maximum absolute atomic E-state index is 11.9. The molecule has 1 atom stereocenters. The largest absolute Gasteiger partial charge is 0.480 e. The molecule has 0 radical (unpaired) electrons. The van der Waals surface area contributed by atoms with Gasteiger partial charge >= 0.3 is 5.97 Å². The van der Waals surface area contributed by atoms with E-state index in [1.54, 1.807) is 0 Å². The van der Waals surface area contributed by atoms with Crippen molar-refractivity contribution in [2.24, 2.45) is 0 Å². The van der Waals surface area contributed by atoms with Crippen LogP contribution in [0.5, 0.6) is 0 Å². The molecule has 0 aliphatic rings. The molecule has 0 aliphatic carbocycles. The van der Waals surface area contributed by atoms with Crippen molar-refractivity contribution >= 4 is 27.5 Å². The van der Waals surface area contributed by atoms with Gasteiger partial charge < -0.3 is 10.2 Å². The summed E-state index contributed by atoms with van der Waals surface area (Å²) in [6, 6.07) is 27.3. The van der Waals surface area contributed by atoms with Crippen LogP contribution in [0.3, 0.4) is 0 Å². The van der Waals surface area contributed by atoms with Crippen molar-refractivity contribution < 1.29 is 15.0 Å². The molecule has 1 unspecified atom stereocenters. The Hall–Kier alpha value is -3.21. The number of benzene rings is 4. The number of aliphatic hydroxyl groups is 1. The molecule has 0 fully saturated rings. The van der Waals surface area contributed by atoms with E-state index in [1.165, 1.54) is 0 Å². The molecular weight excluding hydrogens is 362 g/mol. The maximum atomic E-state index is 11.9. The van der Waals surface area contributed by atoms with Crippen LogP contribution in [0.2, 0.25) is 0 Å². The van der Waals surface area contributed by atoms with Crippen LogP contribution < -0.4 is 0 Å². The molecule has 0 saturated heterocycles. The second-order valence-corrected chi connectivity index (χ2v) is 7.22. The lowest BCUT2D eigenvalue weighted by molar-refractivity contribution is -0.145. The van der Waals surface area contributed by atoms with Gasteiger partial charge in [0, 0.05) is 13.1 Å². The fourth-order valence-electron chi connectivity index (χ4n) is 3.92. The Morgan fingerprint density at radius 2 is 1.17 bits per heavy atom. The third-order valence-electron chi connectivity index (χ3n) is 5.41. The van der Waals surface area contributed by atoms with Gasteiger partial charge in [-0.1, -0.05) is 84.9 Å². The van der Waals surface area contributed by atoms with E-state index < -0.39 is 18.6 Å². The number of carboxylic acid groups (broad SMARTS) is 1. The Balaban J connectivity index is 1.74. The summed E-state index contributed by atoms with van der Waals surface area (Å²) in [5.74, 6) is -1.02.